The Morgan fingerprint density at radius 3 is 2.57 bits per heavy atom. The van der Waals surface area contributed by atoms with E-state index in [9.17, 15) is 18.3 Å². The molecular formula is C30H33F3N2O2. The number of halogens is 3. The molecule has 0 aromatic heterocycles. The fourth-order valence-electron chi connectivity index (χ4n) is 5.95. The number of hydrogen-bond acceptors (Lipinski definition) is 4. The Labute approximate surface area is 216 Å². The van der Waals surface area contributed by atoms with E-state index in [1.165, 1.54) is 0 Å². The number of methoxy groups -OCH3 is 1. The van der Waals surface area contributed by atoms with Gasteiger partial charge in [-0.05, 0) is 54.7 Å². The lowest BCUT2D eigenvalue weighted by molar-refractivity contribution is -0.200. The maximum absolute atomic E-state index is 13.4. The molecule has 0 saturated carbocycles. The average molecular weight is 511 g/mol. The zero-order chi connectivity index (χ0) is 26.2. The molecule has 3 aromatic rings. The number of rotatable bonds is 7. The summed E-state index contributed by atoms with van der Waals surface area (Å²) < 4.78 is 45.7. The van der Waals surface area contributed by atoms with Crippen LogP contribution in [0.3, 0.4) is 0 Å². The van der Waals surface area contributed by atoms with E-state index in [2.05, 4.69) is 35.2 Å². The molecule has 1 unspecified atom stereocenters. The summed E-state index contributed by atoms with van der Waals surface area (Å²) in [5.74, 6) is 0. The first-order valence-electron chi connectivity index (χ1n) is 12.7. The van der Waals surface area contributed by atoms with Gasteiger partial charge in [0.05, 0.1) is 12.6 Å². The van der Waals surface area contributed by atoms with Crippen molar-refractivity contribution in [2.75, 3.05) is 43.1 Å². The van der Waals surface area contributed by atoms with Crippen molar-refractivity contribution in [3.05, 3.63) is 95.1 Å². The number of nitrogens with zero attached hydrogens (tertiary/aromatic N) is 2. The van der Waals surface area contributed by atoms with E-state index in [0.717, 1.165) is 53.1 Å². The van der Waals surface area contributed by atoms with Crippen LogP contribution in [0, 0.1) is 6.92 Å². The standard InChI is InChI=1S/C30H33F3N2O2/c1-21-7-5-8-22(15-21)17-29(23-9-6-10-24(16-23)34-14-13-25(18-34)37-2)20-35(19-28(36)30(31,32)33)27-12-4-3-11-26(27)29/h3-12,15-16,25,28,36H,13-14,17-20H2,1-2H3/t25-,28+,29?/m0/s1. The first kappa shape index (κ1) is 25.6. The molecule has 2 aliphatic rings. The SMILES string of the molecule is CO[C@H]1CCN(c2cccc(C3(Cc4cccc(C)c4)CN(C[C@@H](O)C(F)(F)F)c4ccccc43)c2)C1. The van der Waals surface area contributed by atoms with Crippen molar-refractivity contribution in [1.29, 1.82) is 0 Å². The molecule has 0 radical (unpaired) electrons. The molecule has 0 aliphatic carbocycles. The summed E-state index contributed by atoms with van der Waals surface area (Å²) in [6.45, 7) is 3.60. The lowest BCUT2D eigenvalue weighted by Gasteiger charge is -2.33. The molecule has 1 N–H and O–H groups in total. The molecule has 3 atom stereocenters. The molecule has 7 heteroatoms. The van der Waals surface area contributed by atoms with Gasteiger partial charge in [0.1, 0.15) is 0 Å². The second-order valence-corrected chi connectivity index (χ2v) is 10.3. The van der Waals surface area contributed by atoms with Gasteiger partial charge in [-0.25, -0.2) is 0 Å². The Morgan fingerprint density at radius 1 is 1.05 bits per heavy atom. The molecule has 0 bridgehead atoms. The van der Waals surface area contributed by atoms with Crippen molar-refractivity contribution in [1.82, 2.24) is 0 Å². The van der Waals surface area contributed by atoms with Crippen LogP contribution >= 0.6 is 0 Å². The van der Waals surface area contributed by atoms with Crippen molar-refractivity contribution >= 4 is 11.4 Å². The van der Waals surface area contributed by atoms with E-state index in [4.69, 9.17) is 4.74 Å². The van der Waals surface area contributed by atoms with Gasteiger partial charge in [-0.3, -0.25) is 0 Å². The monoisotopic (exact) mass is 510 g/mol. The lowest BCUT2D eigenvalue weighted by Crippen LogP contribution is -2.44. The summed E-state index contributed by atoms with van der Waals surface area (Å²) in [5, 5.41) is 9.99. The predicted molar refractivity (Wildman–Crippen MR) is 140 cm³/mol. The molecule has 37 heavy (non-hydrogen) atoms. The number of β-amino-alcohol motifs (C(OH)–C–C–N with tert-alkyl or cyclic N) is 1. The van der Waals surface area contributed by atoms with Crippen molar-refractivity contribution in [2.45, 2.75) is 43.6 Å². The molecule has 0 amide bonds. The fraction of sp³-hybridized carbons (Fsp3) is 0.400. The molecule has 196 valence electrons. The third-order valence-corrected chi connectivity index (χ3v) is 7.82. The minimum absolute atomic E-state index is 0.191. The van der Waals surface area contributed by atoms with E-state index in [1.807, 2.05) is 49.4 Å². The minimum Gasteiger partial charge on any atom is -0.382 e. The molecule has 3 aromatic carbocycles. The number of ether oxygens (including phenoxy) is 1. The zero-order valence-corrected chi connectivity index (χ0v) is 21.2. The van der Waals surface area contributed by atoms with Gasteiger partial charge in [-0.1, -0.05) is 60.2 Å². The second-order valence-electron chi connectivity index (χ2n) is 10.3. The van der Waals surface area contributed by atoms with Crippen molar-refractivity contribution in [2.24, 2.45) is 0 Å². The van der Waals surface area contributed by atoms with E-state index in [-0.39, 0.29) is 6.10 Å². The molecular weight excluding hydrogens is 477 g/mol. The number of aliphatic hydroxyl groups is 1. The summed E-state index contributed by atoms with van der Waals surface area (Å²) in [6, 6.07) is 24.4. The van der Waals surface area contributed by atoms with E-state index >= 15 is 0 Å². The Balaban J connectivity index is 1.60. The highest BCUT2D eigenvalue weighted by Crippen LogP contribution is 2.48. The summed E-state index contributed by atoms with van der Waals surface area (Å²) in [7, 11) is 1.74. The van der Waals surface area contributed by atoms with Crippen LogP contribution < -0.4 is 9.80 Å². The average Bonchev–Trinajstić information content (AvgIpc) is 3.48. The van der Waals surface area contributed by atoms with Gasteiger partial charge in [-0.15, -0.1) is 0 Å². The van der Waals surface area contributed by atoms with Crippen LogP contribution in [0.25, 0.3) is 0 Å². The number of alkyl halides is 3. The molecule has 5 rings (SSSR count). The molecule has 1 saturated heterocycles. The smallest absolute Gasteiger partial charge is 0.382 e. The van der Waals surface area contributed by atoms with Crippen molar-refractivity contribution in [3.63, 3.8) is 0 Å². The van der Waals surface area contributed by atoms with Gasteiger partial charge < -0.3 is 19.6 Å². The molecule has 2 heterocycles. The van der Waals surface area contributed by atoms with Crippen molar-refractivity contribution < 1.29 is 23.0 Å². The third kappa shape index (κ3) is 5.07. The highest BCUT2D eigenvalue weighted by Gasteiger charge is 2.47. The lowest BCUT2D eigenvalue weighted by atomic mass is 9.71. The Kier molecular flexibility index (Phi) is 6.94. The maximum Gasteiger partial charge on any atom is 0.416 e. The Bertz CT molecular complexity index is 1250. The minimum atomic E-state index is -4.68. The van der Waals surface area contributed by atoms with E-state index in [1.54, 1.807) is 12.0 Å². The Morgan fingerprint density at radius 2 is 1.84 bits per heavy atom. The highest BCUT2D eigenvalue weighted by atomic mass is 19.4. The molecule has 0 spiro atoms. The summed E-state index contributed by atoms with van der Waals surface area (Å²) in [4.78, 5) is 4.01. The van der Waals surface area contributed by atoms with Gasteiger partial charge >= 0.3 is 6.18 Å². The normalized spacial score (nSPS) is 22.4. The molecule has 4 nitrogen and oxygen atoms in total. The second kappa shape index (κ2) is 10.0. The van der Waals surface area contributed by atoms with Crippen LogP contribution in [0.1, 0.15) is 28.7 Å². The number of benzene rings is 3. The topological polar surface area (TPSA) is 35.9 Å². The summed E-state index contributed by atoms with van der Waals surface area (Å²) in [6.07, 6.45) is -5.31. The van der Waals surface area contributed by atoms with Gasteiger partial charge in [0, 0.05) is 43.5 Å². The molecule has 2 aliphatic heterocycles. The van der Waals surface area contributed by atoms with Gasteiger partial charge in [-0.2, -0.15) is 13.2 Å². The number of para-hydroxylation sites is 1. The van der Waals surface area contributed by atoms with Crippen LogP contribution in [-0.4, -0.2) is 56.8 Å². The van der Waals surface area contributed by atoms with Crippen LogP contribution in [0.4, 0.5) is 24.5 Å². The zero-order valence-electron chi connectivity index (χ0n) is 21.2. The third-order valence-electron chi connectivity index (χ3n) is 7.82. The first-order chi connectivity index (χ1) is 17.7. The number of aliphatic hydroxyl groups excluding tert-OH is 1. The number of anilines is 2. The number of hydrogen-bond donors (Lipinski definition) is 1. The van der Waals surface area contributed by atoms with Crippen molar-refractivity contribution in [3.8, 4) is 0 Å². The van der Waals surface area contributed by atoms with Crippen LogP contribution in [0.2, 0.25) is 0 Å². The maximum atomic E-state index is 13.4. The fourth-order valence-corrected chi connectivity index (χ4v) is 5.95. The quantitative estimate of drug-likeness (QED) is 0.456. The molecule has 1 fully saturated rings. The van der Waals surface area contributed by atoms with Gasteiger partial charge in [0.2, 0.25) is 0 Å². The number of fused-ring (bicyclic) bond motifs is 1. The first-order valence-corrected chi connectivity index (χ1v) is 12.7. The number of aryl methyl sites for hydroxylation is 1. The van der Waals surface area contributed by atoms with Gasteiger partial charge in [0.15, 0.2) is 6.10 Å². The van der Waals surface area contributed by atoms with Crippen LogP contribution in [0.15, 0.2) is 72.8 Å². The Hall–Kier alpha value is -3.03. The van der Waals surface area contributed by atoms with Gasteiger partial charge in [0.25, 0.3) is 0 Å². The van der Waals surface area contributed by atoms with E-state index < -0.39 is 24.2 Å². The largest absolute Gasteiger partial charge is 0.416 e. The van der Waals surface area contributed by atoms with Crippen LogP contribution in [0.5, 0.6) is 0 Å². The predicted octanol–water partition coefficient (Wildman–Crippen LogP) is 5.49. The van der Waals surface area contributed by atoms with E-state index in [0.29, 0.717) is 13.0 Å². The highest BCUT2D eigenvalue weighted by molar-refractivity contribution is 5.68. The summed E-state index contributed by atoms with van der Waals surface area (Å²) >= 11 is 0. The summed E-state index contributed by atoms with van der Waals surface area (Å²) in [5.41, 5.74) is 5.56. The van der Waals surface area contributed by atoms with Crippen LogP contribution in [-0.2, 0) is 16.6 Å².